The van der Waals surface area contributed by atoms with E-state index < -0.39 is 49.3 Å². The minimum atomic E-state index is -1.56. The van der Waals surface area contributed by atoms with E-state index in [2.05, 4.69) is 0 Å². The molecule has 2 aromatic rings. The van der Waals surface area contributed by atoms with E-state index >= 15 is 0 Å². The third-order valence-corrected chi connectivity index (χ3v) is 6.73. The standard InChI is InChI=1S/C27H34O11/c1-33-8-4-5-14-9-16-17(13-36-27-24(32)23(31)22(30)21(12-28)37-27)25(38-26(16)20(10-14)35-3)15-6-7-18(29)19(11-15)34-2/h4-7,9-11,17,21-25,27-32H,8,12-13H2,1-3H3. The highest BCUT2D eigenvalue weighted by Gasteiger charge is 2.45. The van der Waals surface area contributed by atoms with E-state index in [9.17, 15) is 25.5 Å². The van der Waals surface area contributed by atoms with Crippen molar-refractivity contribution in [3.8, 4) is 23.0 Å². The number of hydrogen-bond donors (Lipinski definition) is 5. The number of aliphatic hydroxyl groups is 4. The highest BCUT2D eigenvalue weighted by Crippen LogP contribution is 2.52. The molecule has 1 saturated heterocycles. The molecule has 0 spiro atoms. The van der Waals surface area contributed by atoms with Crippen molar-refractivity contribution in [2.24, 2.45) is 0 Å². The molecular formula is C27H34O11. The minimum absolute atomic E-state index is 0.0240. The van der Waals surface area contributed by atoms with Crippen molar-refractivity contribution < 1.29 is 54.0 Å². The number of phenolic OH excluding ortho intramolecular Hbond substituents is 1. The zero-order valence-corrected chi connectivity index (χ0v) is 21.4. The maximum absolute atomic E-state index is 10.5. The van der Waals surface area contributed by atoms with Crippen LogP contribution in [0.1, 0.15) is 28.7 Å². The van der Waals surface area contributed by atoms with E-state index in [0.29, 0.717) is 23.7 Å². The van der Waals surface area contributed by atoms with Crippen molar-refractivity contribution in [1.29, 1.82) is 0 Å². The molecule has 0 bridgehead atoms. The normalized spacial score (nSPS) is 28.8. The fourth-order valence-corrected chi connectivity index (χ4v) is 4.70. The number of hydrogen-bond acceptors (Lipinski definition) is 11. The molecule has 2 aliphatic rings. The van der Waals surface area contributed by atoms with Crippen LogP contribution in [0.5, 0.6) is 23.0 Å². The average molecular weight is 535 g/mol. The molecule has 0 aromatic heterocycles. The largest absolute Gasteiger partial charge is 0.504 e. The highest BCUT2D eigenvalue weighted by molar-refractivity contribution is 5.62. The van der Waals surface area contributed by atoms with Gasteiger partial charge in [0.15, 0.2) is 29.3 Å². The number of benzene rings is 2. The quantitative estimate of drug-likeness (QED) is 0.297. The first kappa shape index (κ1) is 28.1. The summed E-state index contributed by atoms with van der Waals surface area (Å²) in [5.41, 5.74) is 2.29. The van der Waals surface area contributed by atoms with Gasteiger partial charge in [0.2, 0.25) is 0 Å². The number of aromatic hydroxyl groups is 1. The van der Waals surface area contributed by atoms with Crippen molar-refractivity contribution in [3.05, 3.63) is 53.1 Å². The van der Waals surface area contributed by atoms with E-state index in [1.807, 2.05) is 24.3 Å². The van der Waals surface area contributed by atoms with Crippen LogP contribution in [-0.4, -0.2) is 97.4 Å². The summed E-state index contributed by atoms with van der Waals surface area (Å²) in [6.07, 6.45) is -3.86. The van der Waals surface area contributed by atoms with E-state index in [1.54, 1.807) is 19.2 Å². The first-order chi connectivity index (χ1) is 18.3. The van der Waals surface area contributed by atoms with Gasteiger partial charge in [0.25, 0.3) is 0 Å². The lowest BCUT2D eigenvalue weighted by Gasteiger charge is -2.40. The Hall–Kier alpha value is -2.90. The minimum Gasteiger partial charge on any atom is -0.504 e. The Morgan fingerprint density at radius 2 is 1.71 bits per heavy atom. The Balaban J connectivity index is 1.69. The molecule has 0 aliphatic carbocycles. The summed E-state index contributed by atoms with van der Waals surface area (Å²) in [5, 5.41) is 50.3. The van der Waals surface area contributed by atoms with Gasteiger partial charge < -0.3 is 54.0 Å². The van der Waals surface area contributed by atoms with Crippen LogP contribution >= 0.6 is 0 Å². The molecule has 38 heavy (non-hydrogen) atoms. The first-order valence-electron chi connectivity index (χ1n) is 12.2. The van der Waals surface area contributed by atoms with Gasteiger partial charge in [-0.05, 0) is 35.4 Å². The molecule has 0 radical (unpaired) electrons. The zero-order valence-electron chi connectivity index (χ0n) is 21.4. The van der Waals surface area contributed by atoms with Crippen LogP contribution in [0.3, 0.4) is 0 Å². The van der Waals surface area contributed by atoms with Gasteiger partial charge in [0.1, 0.15) is 30.5 Å². The molecule has 2 aromatic carbocycles. The SMILES string of the molecule is COCC=Cc1cc(OC)c2c(c1)C(COC1OC(CO)C(O)C(O)C1O)C(c1ccc(O)c(OC)c1)O2. The zero-order chi connectivity index (χ0) is 27.4. The van der Waals surface area contributed by atoms with Crippen molar-refractivity contribution in [3.63, 3.8) is 0 Å². The van der Waals surface area contributed by atoms with Crippen LogP contribution in [0, 0.1) is 0 Å². The maximum Gasteiger partial charge on any atom is 0.186 e. The highest BCUT2D eigenvalue weighted by atomic mass is 16.7. The number of ether oxygens (including phenoxy) is 6. The molecule has 208 valence electrons. The predicted molar refractivity (Wildman–Crippen MR) is 134 cm³/mol. The molecule has 7 unspecified atom stereocenters. The number of rotatable bonds is 10. The van der Waals surface area contributed by atoms with E-state index in [1.165, 1.54) is 20.3 Å². The van der Waals surface area contributed by atoms with Crippen molar-refractivity contribution in [2.45, 2.75) is 42.7 Å². The first-order valence-corrected chi connectivity index (χ1v) is 12.2. The van der Waals surface area contributed by atoms with Crippen LogP contribution in [0.15, 0.2) is 36.4 Å². The van der Waals surface area contributed by atoms with Crippen molar-refractivity contribution in [2.75, 3.05) is 41.2 Å². The third-order valence-electron chi connectivity index (χ3n) is 6.73. The Kier molecular flexibility index (Phi) is 9.11. The molecule has 11 nitrogen and oxygen atoms in total. The molecule has 1 fully saturated rings. The predicted octanol–water partition coefficient (Wildman–Crippen LogP) is 1.10. The Morgan fingerprint density at radius 3 is 2.39 bits per heavy atom. The molecule has 4 rings (SSSR count). The van der Waals surface area contributed by atoms with Crippen molar-refractivity contribution in [1.82, 2.24) is 0 Å². The summed E-state index contributed by atoms with van der Waals surface area (Å²) < 4.78 is 33.8. The second kappa shape index (κ2) is 12.3. The Bertz CT molecular complexity index is 1120. The number of phenols is 1. The van der Waals surface area contributed by atoms with Gasteiger partial charge in [-0.2, -0.15) is 0 Å². The summed E-state index contributed by atoms with van der Waals surface area (Å²) in [7, 11) is 4.59. The fraction of sp³-hybridized carbons (Fsp3) is 0.481. The lowest BCUT2D eigenvalue weighted by molar-refractivity contribution is -0.302. The Labute approximate surface area is 220 Å². The van der Waals surface area contributed by atoms with E-state index in [-0.39, 0.29) is 18.1 Å². The van der Waals surface area contributed by atoms with Crippen molar-refractivity contribution >= 4 is 6.08 Å². The second-order valence-electron chi connectivity index (χ2n) is 9.11. The van der Waals surface area contributed by atoms with Crippen LogP contribution in [0.2, 0.25) is 0 Å². The number of aliphatic hydroxyl groups excluding tert-OH is 4. The van der Waals surface area contributed by atoms with Crippen LogP contribution in [-0.2, 0) is 14.2 Å². The van der Waals surface area contributed by atoms with E-state index in [4.69, 9.17) is 28.4 Å². The number of fused-ring (bicyclic) bond motifs is 1. The second-order valence-corrected chi connectivity index (χ2v) is 9.11. The van der Waals surface area contributed by atoms with Gasteiger partial charge >= 0.3 is 0 Å². The fourth-order valence-electron chi connectivity index (χ4n) is 4.70. The third kappa shape index (κ3) is 5.59. The van der Waals surface area contributed by atoms with Crippen LogP contribution in [0.4, 0.5) is 0 Å². The molecule has 5 N–H and O–H groups in total. The van der Waals surface area contributed by atoms with Gasteiger partial charge in [-0.25, -0.2) is 0 Å². The lowest BCUT2D eigenvalue weighted by atomic mass is 9.90. The monoisotopic (exact) mass is 534 g/mol. The van der Waals surface area contributed by atoms with Gasteiger partial charge in [0, 0.05) is 12.7 Å². The van der Waals surface area contributed by atoms with Gasteiger partial charge in [-0.15, -0.1) is 0 Å². The number of methoxy groups -OCH3 is 3. The van der Waals surface area contributed by atoms with E-state index in [0.717, 1.165) is 11.1 Å². The molecule has 0 amide bonds. The van der Waals surface area contributed by atoms with Crippen LogP contribution < -0.4 is 14.2 Å². The summed E-state index contributed by atoms with van der Waals surface area (Å²) in [6, 6.07) is 8.65. The smallest absolute Gasteiger partial charge is 0.186 e. The lowest BCUT2D eigenvalue weighted by Crippen LogP contribution is -2.59. The van der Waals surface area contributed by atoms with Gasteiger partial charge in [0.05, 0.1) is 40.0 Å². The summed E-state index contributed by atoms with van der Waals surface area (Å²) >= 11 is 0. The topological polar surface area (TPSA) is 157 Å². The molecule has 2 heterocycles. The molecule has 0 saturated carbocycles. The maximum atomic E-state index is 10.5. The van der Waals surface area contributed by atoms with Gasteiger partial charge in [-0.1, -0.05) is 18.2 Å². The van der Waals surface area contributed by atoms with Crippen LogP contribution in [0.25, 0.3) is 6.08 Å². The summed E-state index contributed by atoms with van der Waals surface area (Å²) in [6.45, 7) is -0.169. The van der Waals surface area contributed by atoms with Gasteiger partial charge in [-0.3, -0.25) is 0 Å². The molecule has 7 atom stereocenters. The molecule has 2 aliphatic heterocycles. The summed E-state index contributed by atoms with van der Waals surface area (Å²) in [5.74, 6) is 0.813. The molecule has 11 heteroatoms. The molecular weight excluding hydrogens is 500 g/mol. The Morgan fingerprint density at radius 1 is 0.947 bits per heavy atom. The summed E-state index contributed by atoms with van der Waals surface area (Å²) in [4.78, 5) is 0. The average Bonchev–Trinajstić information content (AvgIpc) is 3.29.